The van der Waals surface area contributed by atoms with Gasteiger partial charge in [0.25, 0.3) is 0 Å². The molecule has 2 aromatic heterocycles. The molecule has 2 aromatic rings. The van der Waals surface area contributed by atoms with Gasteiger partial charge in [0.1, 0.15) is 6.04 Å². The second-order valence-corrected chi connectivity index (χ2v) is 6.72. The van der Waals surface area contributed by atoms with E-state index in [1.807, 2.05) is 12.1 Å². The molecule has 1 aliphatic rings. The van der Waals surface area contributed by atoms with Crippen molar-refractivity contribution in [2.75, 3.05) is 25.4 Å². The fourth-order valence-corrected chi connectivity index (χ4v) is 3.53. The van der Waals surface area contributed by atoms with Crippen molar-refractivity contribution in [3.63, 3.8) is 0 Å². The van der Waals surface area contributed by atoms with E-state index in [1.54, 1.807) is 24.1 Å². The molecule has 0 bridgehead atoms. The lowest BCUT2D eigenvalue weighted by molar-refractivity contribution is -0.126. The normalized spacial score (nSPS) is 16.2. The topological polar surface area (TPSA) is 88.8 Å². The lowest BCUT2D eigenvalue weighted by Crippen LogP contribution is -2.40. The molecular formula is C15H21N7OS. The third-order valence-electron chi connectivity index (χ3n) is 3.97. The van der Waals surface area contributed by atoms with Crippen LogP contribution >= 0.6 is 11.8 Å². The summed E-state index contributed by atoms with van der Waals surface area (Å²) in [6.45, 7) is 2.47. The molecule has 1 aliphatic heterocycles. The van der Waals surface area contributed by atoms with E-state index in [4.69, 9.17) is 0 Å². The van der Waals surface area contributed by atoms with Crippen molar-refractivity contribution in [3.8, 4) is 0 Å². The van der Waals surface area contributed by atoms with Crippen LogP contribution in [0.1, 0.15) is 24.4 Å². The highest BCUT2D eigenvalue weighted by Gasteiger charge is 2.29. The molecule has 1 N–H and O–H groups in total. The van der Waals surface area contributed by atoms with E-state index in [0.29, 0.717) is 6.54 Å². The first-order chi connectivity index (χ1) is 11.8. The van der Waals surface area contributed by atoms with Crippen molar-refractivity contribution in [1.29, 1.82) is 0 Å². The van der Waals surface area contributed by atoms with Gasteiger partial charge in [0.05, 0.1) is 0 Å². The van der Waals surface area contributed by atoms with E-state index in [1.165, 1.54) is 11.8 Å². The predicted molar refractivity (Wildman–Crippen MR) is 90.3 cm³/mol. The van der Waals surface area contributed by atoms with Crippen LogP contribution in [0.4, 0.5) is 0 Å². The lowest BCUT2D eigenvalue weighted by Gasteiger charge is -2.26. The van der Waals surface area contributed by atoms with Gasteiger partial charge in [-0.1, -0.05) is 17.8 Å². The zero-order valence-electron chi connectivity index (χ0n) is 13.6. The molecule has 1 atom stereocenters. The smallest absolute Gasteiger partial charge is 0.242 e. The maximum Gasteiger partial charge on any atom is 0.242 e. The van der Waals surface area contributed by atoms with Gasteiger partial charge in [-0.15, -0.1) is 5.10 Å². The molecule has 0 spiro atoms. The molecule has 1 amide bonds. The Morgan fingerprint density at radius 2 is 2.25 bits per heavy atom. The summed E-state index contributed by atoms with van der Waals surface area (Å²) >= 11 is 1.52. The molecular weight excluding hydrogens is 326 g/mol. The molecule has 3 heterocycles. The van der Waals surface area contributed by atoms with Crippen LogP contribution in [0.15, 0.2) is 29.7 Å². The standard InChI is InChI=1S/C15H21N7OS/c1-21-15(18-19-20-21)24-10-7-17-14(23)13(22-8-2-3-9-22)12-5-4-6-16-11-12/h4-6,11,13H,2-3,7-10H2,1H3,(H,17,23). The molecule has 8 nitrogen and oxygen atoms in total. The first-order valence-corrected chi connectivity index (χ1v) is 9.01. The first kappa shape index (κ1) is 16.8. The number of hydrogen-bond acceptors (Lipinski definition) is 7. The zero-order valence-corrected chi connectivity index (χ0v) is 14.4. The van der Waals surface area contributed by atoms with Crippen LogP contribution in [0.5, 0.6) is 0 Å². The summed E-state index contributed by atoms with van der Waals surface area (Å²) < 4.78 is 1.62. The second kappa shape index (κ2) is 8.20. The van der Waals surface area contributed by atoms with Gasteiger partial charge < -0.3 is 5.32 Å². The van der Waals surface area contributed by atoms with Gasteiger partial charge in [-0.05, 0) is 48.0 Å². The van der Waals surface area contributed by atoms with Crippen molar-refractivity contribution in [1.82, 2.24) is 35.4 Å². The number of rotatable bonds is 7. The predicted octanol–water partition coefficient (Wildman–Crippen LogP) is 0.650. The van der Waals surface area contributed by atoms with Crippen molar-refractivity contribution in [2.45, 2.75) is 24.0 Å². The number of pyridine rings is 1. The fraction of sp³-hybridized carbons (Fsp3) is 0.533. The Balaban J connectivity index is 1.56. The minimum atomic E-state index is -0.261. The van der Waals surface area contributed by atoms with Gasteiger partial charge >= 0.3 is 0 Å². The maximum atomic E-state index is 12.7. The average molecular weight is 347 g/mol. The molecule has 1 unspecified atom stereocenters. The lowest BCUT2D eigenvalue weighted by atomic mass is 10.1. The average Bonchev–Trinajstić information content (AvgIpc) is 3.25. The number of tetrazole rings is 1. The SMILES string of the molecule is Cn1nnnc1SCCNC(=O)C(c1cccnc1)N1CCCC1. The molecule has 24 heavy (non-hydrogen) atoms. The Kier molecular flexibility index (Phi) is 5.76. The van der Waals surface area contributed by atoms with Crippen LogP contribution in [-0.4, -0.2) is 61.4 Å². The minimum Gasteiger partial charge on any atom is -0.354 e. The van der Waals surface area contributed by atoms with E-state index in [-0.39, 0.29) is 11.9 Å². The molecule has 1 saturated heterocycles. The van der Waals surface area contributed by atoms with E-state index < -0.39 is 0 Å². The van der Waals surface area contributed by atoms with Gasteiger partial charge in [-0.3, -0.25) is 14.7 Å². The monoisotopic (exact) mass is 347 g/mol. The summed E-state index contributed by atoms with van der Waals surface area (Å²) in [5.74, 6) is 0.751. The van der Waals surface area contributed by atoms with E-state index in [9.17, 15) is 4.79 Å². The summed E-state index contributed by atoms with van der Waals surface area (Å²) in [7, 11) is 1.80. The molecule has 0 aliphatic carbocycles. The summed E-state index contributed by atoms with van der Waals surface area (Å²) in [4.78, 5) is 19.1. The van der Waals surface area contributed by atoms with Gasteiger partial charge in [0.15, 0.2) is 0 Å². The number of amides is 1. The Hall–Kier alpha value is -2.00. The molecule has 0 aromatic carbocycles. The third kappa shape index (κ3) is 4.09. The number of aryl methyl sites for hydroxylation is 1. The van der Waals surface area contributed by atoms with Crippen LogP contribution in [0, 0.1) is 0 Å². The number of carbonyl (C=O) groups is 1. The van der Waals surface area contributed by atoms with E-state index in [2.05, 4.69) is 30.7 Å². The van der Waals surface area contributed by atoms with Crippen molar-refractivity contribution < 1.29 is 4.79 Å². The minimum absolute atomic E-state index is 0.0293. The first-order valence-electron chi connectivity index (χ1n) is 8.02. The molecule has 0 radical (unpaired) electrons. The van der Waals surface area contributed by atoms with Gasteiger partial charge in [-0.2, -0.15) is 0 Å². The molecule has 1 fully saturated rings. The fourth-order valence-electron chi connectivity index (χ4n) is 2.82. The van der Waals surface area contributed by atoms with Gasteiger partial charge in [0, 0.05) is 31.7 Å². The molecule has 0 saturated carbocycles. The number of carbonyl (C=O) groups excluding carboxylic acids is 1. The number of aromatic nitrogens is 5. The van der Waals surface area contributed by atoms with Crippen molar-refractivity contribution in [2.24, 2.45) is 7.05 Å². The number of nitrogens with zero attached hydrogens (tertiary/aromatic N) is 6. The molecule has 9 heteroatoms. The Labute approximate surface area is 145 Å². The Morgan fingerprint density at radius 3 is 2.92 bits per heavy atom. The number of thioether (sulfide) groups is 1. The van der Waals surface area contributed by atoms with Crippen molar-refractivity contribution in [3.05, 3.63) is 30.1 Å². The Bertz CT molecular complexity index is 657. The highest BCUT2D eigenvalue weighted by molar-refractivity contribution is 7.99. The van der Waals surface area contributed by atoms with Gasteiger partial charge in [-0.25, -0.2) is 4.68 Å². The Morgan fingerprint density at radius 1 is 1.42 bits per heavy atom. The van der Waals surface area contributed by atoms with E-state index >= 15 is 0 Å². The number of hydrogen-bond donors (Lipinski definition) is 1. The van der Waals surface area contributed by atoms with Gasteiger partial charge in [0.2, 0.25) is 11.1 Å². The summed E-state index contributed by atoms with van der Waals surface area (Å²) in [6.07, 6.45) is 5.79. The zero-order chi connectivity index (χ0) is 16.8. The summed E-state index contributed by atoms with van der Waals surface area (Å²) in [6, 6.07) is 3.58. The van der Waals surface area contributed by atoms with Crippen LogP contribution in [0.2, 0.25) is 0 Å². The van der Waals surface area contributed by atoms with Crippen LogP contribution in [-0.2, 0) is 11.8 Å². The third-order valence-corrected chi connectivity index (χ3v) is 4.98. The summed E-state index contributed by atoms with van der Waals surface area (Å²) in [5.41, 5.74) is 0.946. The van der Waals surface area contributed by atoms with E-state index in [0.717, 1.165) is 42.4 Å². The number of likely N-dealkylation sites (tertiary alicyclic amines) is 1. The molecule has 128 valence electrons. The van der Waals surface area contributed by atoms with Crippen molar-refractivity contribution >= 4 is 17.7 Å². The summed E-state index contributed by atoms with van der Waals surface area (Å²) in [5, 5.41) is 15.1. The number of nitrogens with one attached hydrogen (secondary N) is 1. The quantitative estimate of drug-likeness (QED) is 0.581. The van der Waals surface area contributed by atoms with Crippen LogP contribution in [0.3, 0.4) is 0 Å². The highest BCUT2D eigenvalue weighted by atomic mass is 32.2. The second-order valence-electron chi connectivity index (χ2n) is 5.66. The largest absolute Gasteiger partial charge is 0.354 e. The van der Waals surface area contributed by atoms with Crippen LogP contribution in [0.25, 0.3) is 0 Å². The molecule has 3 rings (SSSR count). The highest BCUT2D eigenvalue weighted by Crippen LogP contribution is 2.24. The maximum absolute atomic E-state index is 12.7. The van der Waals surface area contributed by atoms with Crippen LogP contribution < -0.4 is 5.32 Å².